The number of aromatic amines is 1. The van der Waals surface area contributed by atoms with E-state index in [1.165, 1.54) is 0 Å². The summed E-state index contributed by atoms with van der Waals surface area (Å²) in [5.74, 6) is 0.287. The van der Waals surface area contributed by atoms with E-state index in [1.54, 1.807) is 18.3 Å². The molecule has 0 amide bonds. The first kappa shape index (κ1) is 13.2. The van der Waals surface area contributed by atoms with E-state index in [0.717, 1.165) is 22.5 Å². The summed E-state index contributed by atoms with van der Waals surface area (Å²) >= 11 is 0. The molecule has 0 aliphatic heterocycles. The van der Waals surface area contributed by atoms with E-state index in [1.807, 2.05) is 30.3 Å². The van der Waals surface area contributed by atoms with E-state index < -0.39 is 0 Å². The lowest BCUT2D eigenvalue weighted by Gasteiger charge is -2.16. The molecular formula is C17H17N3O. The SMILES string of the molecule is CC(Nc1ccc(-c2ccn[nH]2)cc1)c1ccc(O)cc1. The lowest BCUT2D eigenvalue weighted by atomic mass is 10.1. The first-order chi connectivity index (χ1) is 10.2. The van der Waals surface area contributed by atoms with E-state index in [2.05, 4.69) is 34.6 Å². The van der Waals surface area contributed by atoms with Crippen LogP contribution in [0.15, 0.2) is 60.8 Å². The average Bonchev–Trinajstić information content (AvgIpc) is 3.03. The zero-order chi connectivity index (χ0) is 14.7. The van der Waals surface area contributed by atoms with Crippen LogP contribution in [0.4, 0.5) is 5.69 Å². The summed E-state index contributed by atoms with van der Waals surface area (Å²) in [4.78, 5) is 0. The molecule has 0 aliphatic carbocycles. The molecule has 0 radical (unpaired) electrons. The maximum atomic E-state index is 9.32. The Balaban J connectivity index is 1.71. The van der Waals surface area contributed by atoms with E-state index >= 15 is 0 Å². The first-order valence-corrected chi connectivity index (χ1v) is 6.87. The molecular weight excluding hydrogens is 262 g/mol. The zero-order valence-corrected chi connectivity index (χ0v) is 11.7. The van der Waals surface area contributed by atoms with Gasteiger partial charge in [0, 0.05) is 17.9 Å². The molecule has 4 nitrogen and oxygen atoms in total. The van der Waals surface area contributed by atoms with Gasteiger partial charge in [0.2, 0.25) is 0 Å². The fourth-order valence-electron chi connectivity index (χ4n) is 2.26. The molecule has 1 atom stereocenters. The minimum absolute atomic E-state index is 0.170. The average molecular weight is 279 g/mol. The largest absolute Gasteiger partial charge is 0.508 e. The molecule has 0 saturated carbocycles. The van der Waals surface area contributed by atoms with Crippen molar-refractivity contribution in [3.8, 4) is 17.0 Å². The number of rotatable bonds is 4. The minimum atomic E-state index is 0.170. The summed E-state index contributed by atoms with van der Waals surface area (Å²) in [5.41, 5.74) is 4.30. The molecule has 1 unspecified atom stereocenters. The van der Waals surface area contributed by atoms with Crippen molar-refractivity contribution < 1.29 is 5.11 Å². The van der Waals surface area contributed by atoms with Crippen LogP contribution < -0.4 is 5.32 Å². The number of hydrogen-bond acceptors (Lipinski definition) is 3. The Kier molecular flexibility index (Phi) is 3.60. The van der Waals surface area contributed by atoms with Crippen molar-refractivity contribution in [1.82, 2.24) is 10.2 Å². The van der Waals surface area contributed by atoms with Crippen LogP contribution in [0.1, 0.15) is 18.5 Å². The number of hydrogen-bond donors (Lipinski definition) is 3. The molecule has 0 saturated heterocycles. The fraction of sp³-hybridized carbons (Fsp3) is 0.118. The molecule has 106 valence electrons. The number of aromatic hydroxyl groups is 1. The van der Waals surface area contributed by atoms with Crippen molar-refractivity contribution in [2.45, 2.75) is 13.0 Å². The Morgan fingerprint density at radius 1 is 1.00 bits per heavy atom. The summed E-state index contributed by atoms with van der Waals surface area (Å²) in [7, 11) is 0. The van der Waals surface area contributed by atoms with E-state index in [4.69, 9.17) is 0 Å². The maximum absolute atomic E-state index is 9.32. The third kappa shape index (κ3) is 3.05. The molecule has 3 N–H and O–H groups in total. The van der Waals surface area contributed by atoms with Crippen molar-refractivity contribution in [3.05, 3.63) is 66.4 Å². The number of anilines is 1. The monoisotopic (exact) mass is 279 g/mol. The first-order valence-electron chi connectivity index (χ1n) is 6.87. The van der Waals surface area contributed by atoms with Crippen LogP contribution >= 0.6 is 0 Å². The summed E-state index contributed by atoms with van der Waals surface area (Å²) in [6.45, 7) is 2.09. The molecule has 1 heterocycles. The van der Waals surface area contributed by atoms with Gasteiger partial charge >= 0.3 is 0 Å². The van der Waals surface area contributed by atoms with E-state index in [9.17, 15) is 5.11 Å². The van der Waals surface area contributed by atoms with E-state index in [0.29, 0.717) is 0 Å². The topological polar surface area (TPSA) is 60.9 Å². The van der Waals surface area contributed by atoms with Gasteiger partial charge < -0.3 is 10.4 Å². The molecule has 3 aromatic rings. The Labute approximate surface area is 123 Å². The Morgan fingerprint density at radius 2 is 1.71 bits per heavy atom. The van der Waals surface area contributed by atoms with Gasteiger partial charge in [-0.3, -0.25) is 5.10 Å². The normalized spacial score (nSPS) is 12.0. The predicted molar refractivity (Wildman–Crippen MR) is 84.2 cm³/mol. The van der Waals surface area contributed by atoms with Gasteiger partial charge in [-0.1, -0.05) is 24.3 Å². The Bertz CT molecular complexity index is 688. The highest BCUT2D eigenvalue weighted by molar-refractivity contribution is 5.62. The second-order valence-corrected chi connectivity index (χ2v) is 5.01. The summed E-state index contributed by atoms with van der Waals surface area (Å²) in [5, 5.41) is 19.7. The van der Waals surface area contributed by atoms with Crippen LogP contribution in [0.2, 0.25) is 0 Å². The molecule has 0 aliphatic rings. The molecule has 2 aromatic carbocycles. The van der Waals surface area contributed by atoms with Crippen molar-refractivity contribution in [2.24, 2.45) is 0 Å². The van der Waals surface area contributed by atoms with Gasteiger partial charge in [-0.25, -0.2) is 0 Å². The number of phenols is 1. The maximum Gasteiger partial charge on any atom is 0.115 e. The van der Waals surface area contributed by atoms with Crippen LogP contribution in [-0.2, 0) is 0 Å². The van der Waals surface area contributed by atoms with Gasteiger partial charge in [-0.2, -0.15) is 5.10 Å². The number of nitrogens with zero attached hydrogens (tertiary/aromatic N) is 1. The van der Waals surface area contributed by atoms with Gasteiger partial charge in [0.1, 0.15) is 5.75 Å². The minimum Gasteiger partial charge on any atom is -0.508 e. The molecule has 3 rings (SSSR count). The highest BCUT2D eigenvalue weighted by Gasteiger charge is 2.05. The molecule has 21 heavy (non-hydrogen) atoms. The van der Waals surface area contributed by atoms with Crippen LogP contribution in [0.25, 0.3) is 11.3 Å². The number of nitrogens with one attached hydrogen (secondary N) is 2. The van der Waals surface area contributed by atoms with Gasteiger partial charge in [0.05, 0.1) is 5.69 Å². The fourth-order valence-corrected chi connectivity index (χ4v) is 2.26. The highest BCUT2D eigenvalue weighted by atomic mass is 16.3. The highest BCUT2D eigenvalue weighted by Crippen LogP contribution is 2.23. The second-order valence-electron chi connectivity index (χ2n) is 5.01. The van der Waals surface area contributed by atoms with Crippen molar-refractivity contribution in [1.29, 1.82) is 0 Å². The van der Waals surface area contributed by atoms with Crippen molar-refractivity contribution in [3.63, 3.8) is 0 Å². The number of benzene rings is 2. The lowest BCUT2D eigenvalue weighted by Crippen LogP contribution is -2.06. The van der Waals surface area contributed by atoms with Crippen LogP contribution in [-0.4, -0.2) is 15.3 Å². The number of phenolic OH excluding ortho intramolecular Hbond substituents is 1. The third-order valence-electron chi connectivity index (χ3n) is 3.47. The summed E-state index contributed by atoms with van der Waals surface area (Å²) in [6, 6.07) is 17.6. The van der Waals surface area contributed by atoms with Crippen LogP contribution in [0.5, 0.6) is 5.75 Å². The molecule has 0 fully saturated rings. The summed E-state index contributed by atoms with van der Waals surface area (Å²) < 4.78 is 0. The van der Waals surface area contributed by atoms with Crippen LogP contribution in [0.3, 0.4) is 0 Å². The van der Waals surface area contributed by atoms with Gasteiger partial charge in [0.25, 0.3) is 0 Å². The second kappa shape index (κ2) is 5.71. The quantitative estimate of drug-likeness (QED) is 0.677. The van der Waals surface area contributed by atoms with Gasteiger partial charge in [0.15, 0.2) is 0 Å². The van der Waals surface area contributed by atoms with Crippen LogP contribution in [0, 0.1) is 0 Å². The van der Waals surface area contributed by atoms with E-state index in [-0.39, 0.29) is 11.8 Å². The molecule has 4 heteroatoms. The smallest absolute Gasteiger partial charge is 0.115 e. The van der Waals surface area contributed by atoms with Gasteiger partial charge in [-0.05, 0) is 48.4 Å². The molecule has 0 spiro atoms. The standard InChI is InChI=1S/C17H17N3O/c1-12(13-4-8-16(21)9-5-13)19-15-6-2-14(3-7-15)17-10-11-18-20-17/h2-12,19,21H,1H3,(H,18,20). The predicted octanol–water partition coefficient (Wildman–Crippen LogP) is 3.96. The Morgan fingerprint density at radius 3 is 2.33 bits per heavy atom. The third-order valence-corrected chi connectivity index (χ3v) is 3.47. The van der Waals surface area contributed by atoms with Gasteiger partial charge in [-0.15, -0.1) is 0 Å². The van der Waals surface area contributed by atoms with Crippen molar-refractivity contribution >= 4 is 5.69 Å². The molecule has 1 aromatic heterocycles. The molecule has 0 bridgehead atoms. The number of aromatic nitrogens is 2. The van der Waals surface area contributed by atoms with Crippen molar-refractivity contribution in [2.75, 3.05) is 5.32 Å². The number of H-pyrrole nitrogens is 1. The zero-order valence-electron chi connectivity index (χ0n) is 11.7. The lowest BCUT2D eigenvalue weighted by molar-refractivity contribution is 0.475. The Hall–Kier alpha value is -2.75. The summed E-state index contributed by atoms with van der Waals surface area (Å²) in [6.07, 6.45) is 1.74.